The van der Waals surface area contributed by atoms with E-state index < -0.39 is 12.0 Å². The van der Waals surface area contributed by atoms with Gasteiger partial charge < -0.3 is 10.4 Å². The molecule has 1 aromatic carbocycles. The predicted molar refractivity (Wildman–Crippen MR) is 102 cm³/mol. The van der Waals surface area contributed by atoms with Gasteiger partial charge in [0, 0.05) is 10.9 Å². The van der Waals surface area contributed by atoms with Crippen LogP contribution in [-0.4, -0.2) is 27.1 Å². The van der Waals surface area contributed by atoms with Crippen molar-refractivity contribution < 1.29 is 9.90 Å². The molecular formula is C19H21N3O2S. The largest absolute Gasteiger partial charge is 0.480 e. The van der Waals surface area contributed by atoms with Gasteiger partial charge in [-0.05, 0) is 24.0 Å². The fraction of sp³-hybridized carbons (Fsp3) is 0.316. The molecule has 0 fully saturated rings. The normalized spacial score (nSPS) is 12.2. The lowest BCUT2D eigenvalue weighted by Crippen LogP contribution is -2.29. The summed E-state index contributed by atoms with van der Waals surface area (Å²) in [6.07, 6.45) is 3.81. The summed E-state index contributed by atoms with van der Waals surface area (Å²) in [5.41, 5.74) is 3.40. The number of hydrogen-bond acceptors (Lipinski definition) is 5. The first-order valence-corrected chi connectivity index (χ1v) is 9.32. The molecule has 1 unspecified atom stereocenters. The summed E-state index contributed by atoms with van der Waals surface area (Å²) < 4.78 is 0. The molecule has 0 aliphatic heterocycles. The Morgan fingerprint density at radius 1 is 1.24 bits per heavy atom. The Hall–Kier alpha value is -2.47. The lowest BCUT2D eigenvalue weighted by atomic mass is 10.0. The van der Waals surface area contributed by atoms with Crippen LogP contribution in [0.2, 0.25) is 0 Å². The van der Waals surface area contributed by atoms with Gasteiger partial charge in [-0.1, -0.05) is 44.5 Å². The third kappa shape index (κ3) is 3.64. The minimum absolute atomic E-state index is 0.547. The van der Waals surface area contributed by atoms with Gasteiger partial charge in [0.2, 0.25) is 0 Å². The topological polar surface area (TPSA) is 75.1 Å². The number of aliphatic carboxylic acids is 1. The number of nitrogens with zero attached hydrogens (tertiary/aromatic N) is 2. The molecule has 130 valence electrons. The maximum absolute atomic E-state index is 11.5. The molecule has 0 aliphatic carbocycles. The number of benzene rings is 1. The molecule has 0 saturated heterocycles. The number of carbonyl (C=O) groups is 1. The summed E-state index contributed by atoms with van der Waals surface area (Å²) >= 11 is 1.54. The van der Waals surface area contributed by atoms with Gasteiger partial charge in [0.05, 0.1) is 5.39 Å². The molecule has 25 heavy (non-hydrogen) atoms. The van der Waals surface area contributed by atoms with Crippen molar-refractivity contribution in [3.63, 3.8) is 0 Å². The minimum Gasteiger partial charge on any atom is -0.480 e. The number of rotatable bonds is 7. The zero-order valence-corrected chi connectivity index (χ0v) is 15.1. The third-order valence-electron chi connectivity index (χ3n) is 4.23. The third-order valence-corrected chi connectivity index (χ3v) is 5.12. The number of aryl methyl sites for hydroxylation is 1. The molecule has 0 radical (unpaired) electrons. The molecule has 0 bridgehead atoms. The Kier molecular flexibility index (Phi) is 5.28. The zero-order valence-electron chi connectivity index (χ0n) is 14.3. The molecule has 0 amide bonds. The van der Waals surface area contributed by atoms with E-state index in [1.54, 1.807) is 11.3 Å². The van der Waals surface area contributed by atoms with E-state index in [1.807, 2.05) is 6.92 Å². The first kappa shape index (κ1) is 17.4. The van der Waals surface area contributed by atoms with Crippen LogP contribution in [0.25, 0.3) is 21.3 Å². The van der Waals surface area contributed by atoms with Crippen molar-refractivity contribution in [1.82, 2.24) is 9.97 Å². The molecule has 6 heteroatoms. The molecule has 3 aromatic rings. The lowest BCUT2D eigenvalue weighted by Gasteiger charge is -2.15. The minimum atomic E-state index is -0.863. The van der Waals surface area contributed by atoms with Crippen LogP contribution in [0.1, 0.15) is 32.3 Å². The van der Waals surface area contributed by atoms with Crippen LogP contribution in [0, 0.1) is 0 Å². The molecule has 5 nitrogen and oxygen atoms in total. The smallest absolute Gasteiger partial charge is 0.326 e. The summed E-state index contributed by atoms with van der Waals surface area (Å²) in [6.45, 7) is 4.10. The monoisotopic (exact) mass is 355 g/mol. The Bertz CT molecular complexity index is 874. The quantitative estimate of drug-likeness (QED) is 0.648. The van der Waals surface area contributed by atoms with Gasteiger partial charge in [-0.3, -0.25) is 0 Å². The van der Waals surface area contributed by atoms with Crippen LogP contribution in [0.5, 0.6) is 0 Å². The van der Waals surface area contributed by atoms with Gasteiger partial charge >= 0.3 is 5.97 Å². The summed E-state index contributed by atoms with van der Waals surface area (Å²) in [4.78, 5) is 21.0. The molecule has 3 rings (SSSR count). The highest BCUT2D eigenvalue weighted by molar-refractivity contribution is 7.17. The fourth-order valence-corrected chi connectivity index (χ4v) is 3.74. The number of nitrogens with one attached hydrogen (secondary N) is 1. The standard InChI is InChI=1S/C19H21N3O2S/c1-3-5-15(19(23)24)22-17-16-14(10-25-18(16)21-11-20-17)13-8-6-12(4-2)7-9-13/h6-11,15H,3-5H2,1-2H3,(H,23,24)(H,20,21,22). The first-order valence-electron chi connectivity index (χ1n) is 8.44. The lowest BCUT2D eigenvalue weighted by molar-refractivity contribution is -0.138. The van der Waals surface area contributed by atoms with Crippen LogP contribution in [0.15, 0.2) is 36.0 Å². The number of thiophene rings is 1. The van der Waals surface area contributed by atoms with E-state index in [2.05, 4.69) is 51.9 Å². The second-order valence-electron chi connectivity index (χ2n) is 5.93. The molecule has 1 atom stereocenters. The van der Waals surface area contributed by atoms with E-state index in [1.165, 1.54) is 11.9 Å². The van der Waals surface area contributed by atoms with Crippen molar-refractivity contribution in [2.75, 3.05) is 5.32 Å². The number of hydrogen-bond donors (Lipinski definition) is 2. The highest BCUT2D eigenvalue weighted by Crippen LogP contribution is 2.36. The van der Waals surface area contributed by atoms with Crippen molar-refractivity contribution >= 4 is 33.3 Å². The number of carboxylic acid groups (broad SMARTS) is 1. The van der Waals surface area contributed by atoms with Gasteiger partial charge in [0.15, 0.2) is 0 Å². The van der Waals surface area contributed by atoms with E-state index in [0.717, 1.165) is 34.2 Å². The SMILES string of the molecule is CCCC(Nc1ncnc2scc(-c3ccc(CC)cc3)c12)C(=O)O. The molecular weight excluding hydrogens is 334 g/mol. The van der Waals surface area contributed by atoms with Crippen molar-refractivity contribution in [2.45, 2.75) is 39.2 Å². The summed E-state index contributed by atoms with van der Waals surface area (Å²) in [6, 6.07) is 7.77. The average Bonchev–Trinajstić information content (AvgIpc) is 3.06. The van der Waals surface area contributed by atoms with E-state index in [4.69, 9.17) is 0 Å². The highest BCUT2D eigenvalue weighted by atomic mass is 32.1. The Labute approximate surface area is 150 Å². The van der Waals surface area contributed by atoms with Gasteiger partial charge in [-0.15, -0.1) is 11.3 Å². The van der Waals surface area contributed by atoms with Crippen LogP contribution < -0.4 is 5.32 Å². The zero-order chi connectivity index (χ0) is 17.8. The van der Waals surface area contributed by atoms with E-state index in [-0.39, 0.29) is 0 Å². The van der Waals surface area contributed by atoms with E-state index in [0.29, 0.717) is 12.2 Å². The van der Waals surface area contributed by atoms with Crippen molar-refractivity contribution in [3.05, 3.63) is 41.5 Å². The Morgan fingerprint density at radius 2 is 2.00 bits per heavy atom. The average molecular weight is 355 g/mol. The van der Waals surface area contributed by atoms with Crippen LogP contribution >= 0.6 is 11.3 Å². The molecule has 0 saturated carbocycles. The van der Waals surface area contributed by atoms with Crippen molar-refractivity contribution in [1.29, 1.82) is 0 Å². The van der Waals surface area contributed by atoms with Gasteiger partial charge in [0.1, 0.15) is 23.0 Å². The Balaban J connectivity index is 2.04. The summed E-state index contributed by atoms with van der Waals surface area (Å²) in [5, 5.41) is 15.5. The molecule has 2 aromatic heterocycles. The number of fused-ring (bicyclic) bond motifs is 1. The summed E-state index contributed by atoms with van der Waals surface area (Å²) in [5.74, 6) is -0.278. The second-order valence-corrected chi connectivity index (χ2v) is 6.78. The van der Waals surface area contributed by atoms with Gasteiger partial charge in [0.25, 0.3) is 0 Å². The fourth-order valence-electron chi connectivity index (χ4n) is 2.83. The predicted octanol–water partition coefficient (Wildman–Crippen LogP) is 4.59. The molecule has 0 spiro atoms. The maximum Gasteiger partial charge on any atom is 0.326 e. The van der Waals surface area contributed by atoms with Crippen molar-refractivity contribution in [2.24, 2.45) is 0 Å². The number of anilines is 1. The van der Waals surface area contributed by atoms with E-state index >= 15 is 0 Å². The van der Waals surface area contributed by atoms with Crippen LogP contribution in [-0.2, 0) is 11.2 Å². The summed E-state index contributed by atoms with van der Waals surface area (Å²) in [7, 11) is 0. The van der Waals surface area contributed by atoms with Gasteiger partial charge in [-0.2, -0.15) is 0 Å². The Morgan fingerprint density at radius 3 is 2.64 bits per heavy atom. The van der Waals surface area contributed by atoms with Crippen LogP contribution in [0.4, 0.5) is 5.82 Å². The highest BCUT2D eigenvalue weighted by Gasteiger charge is 2.20. The molecule has 0 aliphatic rings. The molecule has 2 heterocycles. The van der Waals surface area contributed by atoms with Crippen LogP contribution in [0.3, 0.4) is 0 Å². The second kappa shape index (κ2) is 7.61. The maximum atomic E-state index is 11.5. The first-order chi connectivity index (χ1) is 12.1. The van der Waals surface area contributed by atoms with E-state index in [9.17, 15) is 9.90 Å². The van der Waals surface area contributed by atoms with Crippen molar-refractivity contribution in [3.8, 4) is 11.1 Å². The number of carboxylic acids is 1. The number of aromatic nitrogens is 2. The van der Waals surface area contributed by atoms with Gasteiger partial charge in [-0.25, -0.2) is 14.8 Å². The molecule has 2 N–H and O–H groups in total.